The highest BCUT2D eigenvalue weighted by Crippen LogP contribution is 2.40. The van der Waals surface area contributed by atoms with Crippen LogP contribution >= 0.6 is 0 Å². The summed E-state index contributed by atoms with van der Waals surface area (Å²) in [5, 5.41) is 1.94. The lowest BCUT2D eigenvalue weighted by Crippen LogP contribution is -2.03. The third-order valence-corrected chi connectivity index (χ3v) is 3.81. The summed E-state index contributed by atoms with van der Waals surface area (Å²) in [6.45, 7) is 4.33. The van der Waals surface area contributed by atoms with Gasteiger partial charge < -0.3 is 18.9 Å². The molecule has 0 amide bonds. The lowest BCUT2D eigenvalue weighted by molar-refractivity contribution is -0.137. The molecule has 0 spiro atoms. The molecule has 0 atom stereocenters. The number of ether oxygens (including phenoxy) is 4. The summed E-state index contributed by atoms with van der Waals surface area (Å²) in [6.07, 6.45) is 4.00. The van der Waals surface area contributed by atoms with Crippen LogP contribution in [0.2, 0.25) is 0 Å². The van der Waals surface area contributed by atoms with E-state index in [-0.39, 0.29) is 12.8 Å². The highest BCUT2D eigenvalue weighted by atomic mass is 16.7. The fourth-order valence-corrected chi connectivity index (χ4v) is 2.71. The van der Waals surface area contributed by atoms with Crippen LogP contribution < -0.4 is 9.47 Å². The summed E-state index contributed by atoms with van der Waals surface area (Å²) in [5.41, 5.74) is 1.99. The second kappa shape index (κ2) is 9.08. The summed E-state index contributed by atoms with van der Waals surface area (Å²) in [6, 6.07) is 7.90. The molecule has 0 aliphatic carbocycles. The van der Waals surface area contributed by atoms with Crippen molar-refractivity contribution in [1.82, 2.24) is 0 Å². The minimum absolute atomic E-state index is 0.127. The Hall–Kier alpha value is -2.53. The van der Waals surface area contributed by atoms with Gasteiger partial charge in [0.05, 0.1) is 13.7 Å². The van der Waals surface area contributed by atoms with Gasteiger partial charge in [0, 0.05) is 18.6 Å². The molecule has 0 unspecified atom stereocenters. The monoisotopic (exact) mass is 344 g/mol. The molecule has 0 aliphatic heterocycles. The Balaban J connectivity index is 2.65. The van der Waals surface area contributed by atoms with E-state index >= 15 is 0 Å². The zero-order valence-electron chi connectivity index (χ0n) is 15.1. The van der Waals surface area contributed by atoms with Crippen molar-refractivity contribution in [1.29, 1.82) is 0 Å². The van der Waals surface area contributed by atoms with Gasteiger partial charge in [-0.05, 0) is 42.0 Å². The van der Waals surface area contributed by atoms with Gasteiger partial charge in [0.15, 0.2) is 18.3 Å². The summed E-state index contributed by atoms with van der Waals surface area (Å²) >= 11 is 0. The molecule has 25 heavy (non-hydrogen) atoms. The van der Waals surface area contributed by atoms with Crippen LogP contribution in [0.4, 0.5) is 0 Å². The minimum Gasteiger partial charge on any atom is -0.493 e. The summed E-state index contributed by atoms with van der Waals surface area (Å²) in [7, 11) is 3.17. The van der Waals surface area contributed by atoms with E-state index in [1.807, 2.05) is 18.2 Å². The number of carbonyl (C=O) groups is 1. The Morgan fingerprint density at radius 3 is 2.64 bits per heavy atom. The molecule has 0 fully saturated rings. The molecule has 0 heterocycles. The lowest BCUT2D eigenvalue weighted by Gasteiger charge is -2.17. The van der Waals surface area contributed by atoms with Crippen molar-refractivity contribution >= 4 is 22.8 Å². The van der Waals surface area contributed by atoms with Gasteiger partial charge in [-0.1, -0.05) is 25.1 Å². The van der Waals surface area contributed by atoms with Crippen molar-refractivity contribution in [3.05, 3.63) is 41.5 Å². The molecular formula is C20H24O5. The molecule has 0 N–H and O–H groups in total. The van der Waals surface area contributed by atoms with Gasteiger partial charge in [-0.25, -0.2) is 4.79 Å². The van der Waals surface area contributed by atoms with Crippen LogP contribution in [0.3, 0.4) is 0 Å². The van der Waals surface area contributed by atoms with E-state index in [1.54, 1.807) is 27.2 Å². The van der Waals surface area contributed by atoms with E-state index in [1.165, 1.54) is 6.08 Å². The first-order chi connectivity index (χ1) is 12.2. The van der Waals surface area contributed by atoms with Crippen molar-refractivity contribution in [2.75, 3.05) is 27.6 Å². The van der Waals surface area contributed by atoms with Gasteiger partial charge in [0.25, 0.3) is 0 Å². The van der Waals surface area contributed by atoms with E-state index < -0.39 is 0 Å². The second-order valence-corrected chi connectivity index (χ2v) is 5.33. The number of hydrogen-bond acceptors (Lipinski definition) is 5. The predicted octanol–water partition coefficient (Wildman–Crippen LogP) is 3.97. The molecule has 5 nitrogen and oxygen atoms in total. The molecule has 0 radical (unpaired) electrons. The van der Waals surface area contributed by atoms with E-state index in [0.717, 1.165) is 28.3 Å². The number of esters is 1. The van der Waals surface area contributed by atoms with Crippen molar-refractivity contribution in [2.24, 2.45) is 0 Å². The van der Waals surface area contributed by atoms with Gasteiger partial charge in [-0.2, -0.15) is 0 Å². The number of hydrogen-bond donors (Lipinski definition) is 0. The molecule has 134 valence electrons. The normalized spacial score (nSPS) is 11.0. The second-order valence-electron chi connectivity index (χ2n) is 5.33. The van der Waals surface area contributed by atoms with Gasteiger partial charge >= 0.3 is 5.97 Å². The average molecular weight is 344 g/mol. The number of aryl methyl sites for hydroxylation is 1. The summed E-state index contributed by atoms with van der Waals surface area (Å²) < 4.78 is 21.3. The Morgan fingerprint density at radius 2 is 2.00 bits per heavy atom. The van der Waals surface area contributed by atoms with Crippen LogP contribution in [-0.2, 0) is 20.7 Å². The number of rotatable bonds is 8. The maximum atomic E-state index is 11.7. The average Bonchev–Trinajstić information content (AvgIpc) is 2.64. The summed E-state index contributed by atoms with van der Waals surface area (Å²) in [5.74, 6) is 0.861. The van der Waals surface area contributed by atoms with E-state index in [9.17, 15) is 4.79 Å². The fourth-order valence-electron chi connectivity index (χ4n) is 2.71. The maximum absolute atomic E-state index is 11.7. The largest absolute Gasteiger partial charge is 0.493 e. The van der Waals surface area contributed by atoms with Crippen molar-refractivity contribution < 1.29 is 23.7 Å². The van der Waals surface area contributed by atoms with E-state index in [2.05, 4.69) is 13.0 Å². The van der Waals surface area contributed by atoms with Crippen LogP contribution in [0.1, 0.15) is 25.0 Å². The number of benzene rings is 2. The van der Waals surface area contributed by atoms with Crippen LogP contribution in [0.25, 0.3) is 16.8 Å². The fraction of sp³-hybridized carbons (Fsp3) is 0.350. The molecule has 0 aromatic heterocycles. The zero-order chi connectivity index (χ0) is 18.2. The molecule has 0 saturated carbocycles. The third kappa shape index (κ3) is 4.31. The first-order valence-corrected chi connectivity index (χ1v) is 8.25. The highest BCUT2D eigenvalue weighted by Gasteiger charge is 2.16. The third-order valence-electron chi connectivity index (χ3n) is 3.81. The van der Waals surface area contributed by atoms with Crippen LogP contribution in [0.5, 0.6) is 11.5 Å². The quantitative estimate of drug-likeness (QED) is 0.412. The number of fused-ring (bicyclic) bond motifs is 1. The first kappa shape index (κ1) is 18.8. The Kier molecular flexibility index (Phi) is 6.83. The molecule has 2 aromatic rings. The van der Waals surface area contributed by atoms with Crippen LogP contribution in [-0.4, -0.2) is 33.6 Å². The van der Waals surface area contributed by atoms with Crippen molar-refractivity contribution in [3.63, 3.8) is 0 Å². The minimum atomic E-state index is -0.374. The topological polar surface area (TPSA) is 54.0 Å². The Bertz CT molecular complexity index is 764. The highest BCUT2D eigenvalue weighted by molar-refractivity contribution is 6.01. The lowest BCUT2D eigenvalue weighted by atomic mass is 9.97. The first-order valence-electron chi connectivity index (χ1n) is 8.25. The van der Waals surface area contributed by atoms with Gasteiger partial charge in [0.1, 0.15) is 0 Å². The zero-order valence-corrected chi connectivity index (χ0v) is 15.1. The van der Waals surface area contributed by atoms with Crippen LogP contribution in [0, 0.1) is 0 Å². The smallest absolute Gasteiger partial charge is 0.330 e. The Morgan fingerprint density at radius 1 is 1.20 bits per heavy atom. The van der Waals surface area contributed by atoms with Crippen molar-refractivity contribution in [3.8, 4) is 11.5 Å². The van der Waals surface area contributed by atoms with Crippen molar-refractivity contribution in [2.45, 2.75) is 20.3 Å². The number of carbonyl (C=O) groups excluding carboxylic acids is 1. The standard InChI is InChI=1S/C20H24O5/c1-5-14-8-7-9-16-15(10-11-18(21)24-6-2)12-17(23-4)20(19(14)16)25-13-22-3/h7-12H,5-6,13H2,1-4H3/b11-10+. The van der Waals surface area contributed by atoms with Gasteiger partial charge in [0.2, 0.25) is 0 Å². The maximum Gasteiger partial charge on any atom is 0.330 e. The molecule has 2 rings (SSSR count). The summed E-state index contributed by atoms with van der Waals surface area (Å²) in [4.78, 5) is 11.7. The molecule has 5 heteroatoms. The molecule has 2 aromatic carbocycles. The van der Waals surface area contributed by atoms with Gasteiger partial charge in [-0.15, -0.1) is 0 Å². The molecular weight excluding hydrogens is 320 g/mol. The van der Waals surface area contributed by atoms with E-state index in [4.69, 9.17) is 18.9 Å². The SMILES string of the molecule is CCOC(=O)/C=C/c1cc(OC)c(OCOC)c2c(CC)cccc12. The van der Waals surface area contributed by atoms with Gasteiger partial charge in [-0.3, -0.25) is 0 Å². The van der Waals surface area contributed by atoms with Crippen LogP contribution in [0.15, 0.2) is 30.3 Å². The number of methoxy groups -OCH3 is 2. The molecule has 0 saturated heterocycles. The van der Waals surface area contributed by atoms with E-state index in [0.29, 0.717) is 18.1 Å². The Labute approximate surface area is 148 Å². The molecule has 0 aliphatic rings. The molecule has 0 bridgehead atoms. The predicted molar refractivity (Wildman–Crippen MR) is 98.0 cm³/mol.